The van der Waals surface area contributed by atoms with Gasteiger partial charge in [-0.3, -0.25) is 19.5 Å². The molecule has 1 aromatic rings. The lowest BCUT2D eigenvalue weighted by Gasteiger charge is -2.30. The number of anilines is 1. The average molecular weight is 467 g/mol. The van der Waals surface area contributed by atoms with Crippen LogP contribution in [0.25, 0.3) is 0 Å². The minimum absolute atomic E-state index is 0.0370. The van der Waals surface area contributed by atoms with Crippen molar-refractivity contribution in [3.63, 3.8) is 0 Å². The Morgan fingerprint density at radius 1 is 1.27 bits per heavy atom. The predicted octanol–water partition coefficient (Wildman–Crippen LogP) is 4.48. The highest BCUT2D eigenvalue weighted by molar-refractivity contribution is 7.80. The molecule has 0 N–H and O–H groups in total. The van der Waals surface area contributed by atoms with Crippen molar-refractivity contribution in [1.82, 2.24) is 4.90 Å². The number of thiocarbonyl (C=S) groups is 1. The molecule has 1 aromatic carbocycles. The highest BCUT2D eigenvalue weighted by atomic mass is 32.1. The molecule has 0 aromatic heterocycles. The molecule has 0 bridgehead atoms. The fourth-order valence-corrected chi connectivity index (χ4v) is 4.66. The zero-order chi connectivity index (χ0) is 24.1. The van der Waals surface area contributed by atoms with Gasteiger partial charge in [-0.1, -0.05) is 13.0 Å². The lowest BCUT2D eigenvalue weighted by molar-refractivity contribution is -0.122. The number of carbonyl (C=O) groups is 2. The Bertz CT molecular complexity index is 1270. The molecular weight excluding hydrogens is 446 g/mol. The van der Waals surface area contributed by atoms with Crippen LogP contribution in [0.3, 0.4) is 0 Å². The van der Waals surface area contributed by atoms with E-state index in [4.69, 9.17) is 17.5 Å². The Morgan fingerprint density at radius 3 is 2.64 bits per heavy atom. The number of carbonyl (C=O) groups excluding carboxylic acids is 2. The van der Waals surface area contributed by atoms with Gasteiger partial charge in [0.15, 0.2) is 10.9 Å². The van der Waals surface area contributed by atoms with Crippen molar-refractivity contribution in [3.8, 4) is 6.07 Å². The third-order valence-corrected chi connectivity index (χ3v) is 6.31. The van der Waals surface area contributed by atoms with Gasteiger partial charge in [-0.05, 0) is 63.2 Å². The zero-order valence-corrected chi connectivity index (χ0v) is 19.0. The maximum absolute atomic E-state index is 15.3. The fourth-order valence-electron chi connectivity index (χ4n) is 4.14. The van der Waals surface area contributed by atoms with E-state index in [-0.39, 0.29) is 34.3 Å². The predicted molar refractivity (Wildman–Crippen MR) is 123 cm³/mol. The summed E-state index contributed by atoms with van der Waals surface area (Å²) >= 11 is 5.57. The molecule has 2 aliphatic heterocycles. The monoisotopic (exact) mass is 466 g/mol. The molecule has 0 radical (unpaired) electrons. The average Bonchev–Trinajstić information content (AvgIpc) is 2.86. The number of allylic oxidation sites excluding steroid dienone is 5. The largest absolute Gasteiger partial charge is 0.304 e. The number of nitrogens with zero attached hydrogens (tertiary/aromatic N) is 4. The molecule has 6 nitrogen and oxygen atoms in total. The summed E-state index contributed by atoms with van der Waals surface area (Å²) < 4.78 is 29.5. The van der Waals surface area contributed by atoms with E-state index < -0.39 is 29.0 Å². The van der Waals surface area contributed by atoms with Crippen molar-refractivity contribution in [2.24, 2.45) is 10.9 Å². The van der Waals surface area contributed by atoms with Gasteiger partial charge in [-0.2, -0.15) is 5.26 Å². The Hall–Kier alpha value is -3.51. The lowest BCUT2D eigenvalue weighted by atomic mass is 9.91. The number of amides is 1. The molecule has 33 heavy (non-hydrogen) atoms. The Labute approximate surface area is 195 Å². The molecule has 1 saturated heterocycles. The van der Waals surface area contributed by atoms with Crippen molar-refractivity contribution in [2.45, 2.75) is 39.2 Å². The summed E-state index contributed by atoms with van der Waals surface area (Å²) in [7, 11) is 0. The number of fused-ring (bicyclic) bond motifs is 1. The van der Waals surface area contributed by atoms with Crippen LogP contribution in [0.4, 0.5) is 14.5 Å². The van der Waals surface area contributed by atoms with Crippen LogP contribution in [0.2, 0.25) is 0 Å². The molecule has 3 aliphatic rings. The van der Waals surface area contributed by atoms with Crippen molar-refractivity contribution in [3.05, 3.63) is 65.0 Å². The minimum atomic E-state index is -1.21. The Kier molecular flexibility index (Phi) is 5.58. The van der Waals surface area contributed by atoms with Crippen LogP contribution in [0.1, 0.15) is 39.2 Å². The van der Waals surface area contributed by atoms with E-state index in [2.05, 4.69) is 4.99 Å². The summed E-state index contributed by atoms with van der Waals surface area (Å²) in [6.45, 7) is 5.10. The normalized spacial score (nSPS) is 22.2. The van der Waals surface area contributed by atoms with Gasteiger partial charge in [0.1, 0.15) is 23.3 Å². The molecule has 0 saturated carbocycles. The van der Waals surface area contributed by atoms with Crippen LogP contribution in [0, 0.1) is 23.1 Å². The SMILES string of the molecule is CCC1=CC(=O)C2CC=C(N3C(=S)N(c4ccc(C#N)c(F)c4)C(=O)C3(C)C)C=C(F)C2=N1. The van der Waals surface area contributed by atoms with Gasteiger partial charge in [-0.15, -0.1) is 0 Å². The van der Waals surface area contributed by atoms with Crippen molar-refractivity contribution < 1.29 is 18.4 Å². The number of ketones is 1. The number of hydrogen-bond acceptors (Lipinski definition) is 5. The van der Waals surface area contributed by atoms with Crippen LogP contribution in [0.5, 0.6) is 0 Å². The van der Waals surface area contributed by atoms with Gasteiger partial charge in [0.2, 0.25) is 0 Å². The van der Waals surface area contributed by atoms with E-state index in [1.807, 2.05) is 6.92 Å². The van der Waals surface area contributed by atoms with Crippen LogP contribution >= 0.6 is 12.2 Å². The molecule has 0 spiro atoms. The molecule has 9 heteroatoms. The third kappa shape index (κ3) is 3.60. The summed E-state index contributed by atoms with van der Waals surface area (Å²) in [5.74, 6) is -2.83. The number of hydrogen-bond donors (Lipinski definition) is 0. The van der Waals surface area contributed by atoms with Gasteiger partial charge in [0.25, 0.3) is 5.91 Å². The number of halogens is 2. The maximum Gasteiger partial charge on any atom is 0.259 e. The standard InChI is InChI=1S/C24H20F2N4O2S/c1-4-14-9-20(31)17-8-7-16(11-19(26)21(17)28-14)30-23(33)29(22(32)24(30,2)3)15-6-5-13(12-27)18(25)10-15/h5-7,9-11,17H,4,8H2,1-3H3. The van der Waals surface area contributed by atoms with Crippen molar-refractivity contribution in [1.29, 1.82) is 5.26 Å². The van der Waals surface area contributed by atoms with Crippen molar-refractivity contribution >= 4 is 40.4 Å². The van der Waals surface area contributed by atoms with E-state index in [9.17, 15) is 14.0 Å². The second-order valence-electron chi connectivity index (χ2n) is 8.39. The van der Waals surface area contributed by atoms with Crippen LogP contribution < -0.4 is 4.90 Å². The van der Waals surface area contributed by atoms with E-state index >= 15 is 4.39 Å². The van der Waals surface area contributed by atoms with Gasteiger partial charge in [0, 0.05) is 17.5 Å². The molecule has 4 rings (SSSR count). The van der Waals surface area contributed by atoms with E-state index in [0.29, 0.717) is 17.8 Å². The zero-order valence-electron chi connectivity index (χ0n) is 18.2. The van der Waals surface area contributed by atoms with E-state index in [1.165, 1.54) is 34.1 Å². The molecule has 1 aliphatic carbocycles. The quantitative estimate of drug-likeness (QED) is 0.614. The van der Waals surface area contributed by atoms with Gasteiger partial charge in [-0.25, -0.2) is 8.78 Å². The van der Waals surface area contributed by atoms with Gasteiger partial charge >= 0.3 is 0 Å². The maximum atomic E-state index is 15.3. The van der Waals surface area contributed by atoms with Crippen LogP contribution in [0.15, 0.2) is 58.6 Å². The van der Waals surface area contributed by atoms with E-state index in [1.54, 1.807) is 26.0 Å². The Balaban J connectivity index is 1.75. The first-order valence-corrected chi connectivity index (χ1v) is 10.8. The molecule has 2 heterocycles. The molecule has 1 unspecified atom stereocenters. The molecule has 1 atom stereocenters. The molecule has 1 amide bonds. The third-order valence-electron chi connectivity index (χ3n) is 5.95. The first kappa shape index (κ1) is 22.7. The topological polar surface area (TPSA) is 76.8 Å². The van der Waals surface area contributed by atoms with E-state index in [0.717, 1.165) is 6.07 Å². The summed E-state index contributed by atoms with van der Waals surface area (Å²) in [6.07, 6.45) is 5.03. The highest BCUT2D eigenvalue weighted by Gasteiger charge is 2.51. The fraction of sp³-hybridized carbons (Fsp3) is 0.292. The highest BCUT2D eigenvalue weighted by Crippen LogP contribution is 2.38. The summed E-state index contributed by atoms with van der Waals surface area (Å²) in [5.41, 5.74) is -0.295. The molecule has 168 valence electrons. The number of rotatable bonds is 3. The minimum Gasteiger partial charge on any atom is -0.304 e. The van der Waals surface area contributed by atoms with Gasteiger partial charge in [0.05, 0.1) is 22.9 Å². The summed E-state index contributed by atoms with van der Waals surface area (Å²) in [4.78, 5) is 32.8. The lowest BCUT2D eigenvalue weighted by Crippen LogP contribution is -2.43. The van der Waals surface area contributed by atoms with Crippen molar-refractivity contribution in [2.75, 3.05) is 4.90 Å². The second-order valence-corrected chi connectivity index (χ2v) is 8.76. The number of aliphatic imine (C=N–C) groups is 1. The first-order valence-electron chi connectivity index (χ1n) is 10.4. The molecular formula is C24H20F2N4O2S. The summed E-state index contributed by atoms with van der Waals surface area (Å²) in [6, 6.07) is 5.51. The number of benzene rings is 1. The smallest absolute Gasteiger partial charge is 0.259 e. The summed E-state index contributed by atoms with van der Waals surface area (Å²) in [5, 5.41) is 9.01. The van der Waals surface area contributed by atoms with Crippen LogP contribution in [-0.2, 0) is 9.59 Å². The first-order chi connectivity index (χ1) is 15.6. The van der Waals surface area contributed by atoms with Crippen LogP contribution in [-0.4, -0.2) is 33.0 Å². The number of nitriles is 1. The Morgan fingerprint density at radius 2 is 2.00 bits per heavy atom. The second kappa shape index (κ2) is 8.12. The van der Waals surface area contributed by atoms with Gasteiger partial charge < -0.3 is 4.90 Å². The molecule has 1 fully saturated rings.